The van der Waals surface area contributed by atoms with E-state index < -0.39 is 6.89 Å². The molecule has 0 fully saturated rings. The fourth-order valence-electron chi connectivity index (χ4n) is 2.58. The van der Waals surface area contributed by atoms with E-state index in [9.17, 15) is 0 Å². The van der Waals surface area contributed by atoms with Crippen LogP contribution in [-0.2, 0) is 0 Å². The van der Waals surface area contributed by atoms with E-state index in [0.717, 1.165) is 6.16 Å². The van der Waals surface area contributed by atoms with Crippen LogP contribution in [0.5, 0.6) is 0 Å². The molecule has 0 aromatic heterocycles. The molecule has 0 saturated carbocycles. The first-order valence-corrected chi connectivity index (χ1v) is 10.2. The molecule has 0 aliphatic carbocycles. The average molecular weight is 322 g/mol. The van der Waals surface area contributed by atoms with E-state index in [1.807, 2.05) is 0 Å². The predicted molar refractivity (Wildman–Crippen MR) is 109 cm³/mol. The van der Waals surface area contributed by atoms with Crippen LogP contribution in [0.4, 0.5) is 0 Å². The summed E-state index contributed by atoms with van der Waals surface area (Å²) in [6.45, 7) is 7.12. The number of hydrogen-bond donors (Lipinski definition) is 0. The largest absolute Gasteiger partial charge is 0.0810 e. The molecule has 0 N–H and O–H groups in total. The summed E-state index contributed by atoms with van der Waals surface area (Å²) in [7, 11) is 0. The van der Waals surface area contributed by atoms with Crippen molar-refractivity contribution in [1.29, 1.82) is 0 Å². The van der Waals surface area contributed by atoms with E-state index in [1.54, 1.807) is 0 Å². The minimum atomic E-state index is -1.59. The van der Waals surface area contributed by atoms with Crippen molar-refractivity contribution in [3.63, 3.8) is 0 Å². The van der Waals surface area contributed by atoms with Gasteiger partial charge in [-0.25, -0.2) is 0 Å². The average Bonchev–Trinajstić information content (AvgIpc) is 2.56. The molecule has 0 bridgehead atoms. The Morgan fingerprint density at radius 3 is 1.61 bits per heavy atom. The fraction of sp³-hybridized carbons (Fsp3) is 0.227. The molecule has 0 aliphatic rings. The topological polar surface area (TPSA) is 0 Å². The molecule has 0 amide bonds. The molecule has 0 aliphatic heterocycles. The summed E-state index contributed by atoms with van der Waals surface area (Å²) in [5.74, 6) is 2.48. The Morgan fingerprint density at radius 2 is 1.22 bits per heavy atom. The van der Waals surface area contributed by atoms with Gasteiger partial charge in [-0.1, -0.05) is 89.8 Å². The Morgan fingerprint density at radius 1 is 0.739 bits per heavy atom. The lowest BCUT2D eigenvalue weighted by Crippen LogP contribution is -2.20. The zero-order chi connectivity index (χ0) is 16.7. The quantitative estimate of drug-likeness (QED) is 0.511. The lowest BCUT2D eigenvalue weighted by atomic mass is 10.3. The van der Waals surface area contributed by atoms with E-state index in [4.69, 9.17) is 0 Å². The number of allylic oxidation sites excluding steroid dienone is 4. The van der Waals surface area contributed by atoms with Crippen molar-refractivity contribution in [3.8, 4) is 0 Å². The summed E-state index contributed by atoms with van der Waals surface area (Å²) in [5, 5.41) is 2.89. The van der Waals surface area contributed by atoms with E-state index >= 15 is 0 Å². The van der Waals surface area contributed by atoms with Gasteiger partial charge in [-0.05, 0) is 51.4 Å². The van der Waals surface area contributed by atoms with Crippen LogP contribution in [0.25, 0.3) is 0 Å². The Bertz CT molecular complexity index is 683. The van der Waals surface area contributed by atoms with Gasteiger partial charge in [0.15, 0.2) is 0 Å². The van der Waals surface area contributed by atoms with Crippen LogP contribution in [0.1, 0.15) is 27.7 Å². The fourth-order valence-corrected chi connectivity index (χ4v) is 6.38. The van der Waals surface area contributed by atoms with Crippen molar-refractivity contribution >= 4 is 23.3 Å². The van der Waals surface area contributed by atoms with Crippen molar-refractivity contribution in [2.24, 2.45) is 0 Å². The van der Waals surface area contributed by atoms with Crippen LogP contribution in [0, 0.1) is 0 Å². The van der Waals surface area contributed by atoms with Crippen LogP contribution >= 0.6 is 6.89 Å². The van der Waals surface area contributed by atoms with Gasteiger partial charge in [-0.15, -0.1) is 0 Å². The van der Waals surface area contributed by atoms with Crippen LogP contribution in [0.3, 0.4) is 0 Å². The molecule has 23 heavy (non-hydrogen) atoms. The predicted octanol–water partition coefficient (Wildman–Crippen LogP) is 5.39. The Balaban J connectivity index is 2.76. The van der Waals surface area contributed by atoms with E-state index in [-0.39, 0.29) is 0 Å². The zero-order valence-electron chi connectivity index (χ0n) is 14.7. The highest BCUT2D eigenvalue weighted by molar-refractivity contribution is 7.88. The van der Waals surface area contributed by atoms with Crippen LogP contribution in [-0.4, -0.2) is 12.0 Å². The molecule has 120 valence electrons. The Hall–Kier alpha value is -1.78. The summed E-state index contributed by atoms with van der Waals surface area (Å²) in [6, 6.07) is 22.0. The van der Waals surface area contributed by atoms with E-state index in [0.29, 0.717) is 0 Å². The summed E-state index contributed by atoms with van der Waals surface area (Å²) >= 11 is 0. The SMILES string of the molecule is CC(C)=CC=P(CC=C(C)C)(c1ccccc1)c1ccccc1. The van der Waals surface area contributed by atoms with Gasteiger partial charge in [0.05, 0.1) is 0 Å². The molecule has 2 aromatic carbocycles. The molecule has 2 rings (SSSR count). The monoisotopic (exact) mass is 322 g/mol. The Labute approximate surface area is 141 Å². The second-order valence-corrected chi connectivity index (χ2v) is 9.83. The molecule has 0 spiro atoms. The van der Waals surface area contributed by atoms with E-state index in [1.165, 1.54) is 21.8 Å². The van der Waals surface area contributed by atoms with E-state index in [2.05, 4.69) is 106 Å². The van der Waals surface area contributed by atoms with Gasteiger partial charge in [0, 0.05) is 0 Å². The number of rotatable bonds is 5. The normalized spacial score (nSPS) is 10.8. The first kappa shape index (κ1) is 17.6. The molecular formula is C22H27P. The second-order valence-electron chi connectivity index (χ2n) is 6.40. The third-order valence-corrected chi connectivity index (χ3v) is 7.74. The van der Waals surface area contributed by atoms with Gasteiger partial charge in [0.1, 0.15) is 0 Å². The summed E-state index contributed by atoms with van der Waals surface area (Å²) in [4.78, 5) is 0. The van der Waals surface area contributed by atoms with Crippen molar-refractivity contribution in [1.82, 2.24) is 0 Å². The van der Waals surface area contributed by atoms with Crippen LogP contribution in [0.2, 0.25) is 0 Å². The molecule has 0 heterocycles. The molecule has 0 unspecified atom stereocenters. The maximum atomic E-state index is 2.48. The maximum absolute atomic E-state index is 2.48. The molecular weight excluding hydrogens is 295 g/mol. The molecule has 0 atom stereocenters. The van der Waals surface area contributed by atoms with Gasteiger partial charge < -0.3 is 0 Å². The van der Waals surface area contributed by atoms with Gasteiger partial charge in [0.2, 0.25) is 0 Å². The summed E-state index contributed by atoms with van der Waals surface area (Å²) in [5.41, 5.74) is 2.73. The molecule has 1 heteroatoms. The van der Waals surface area contributed by atoms with Gasteiger partial charge >= 0.3 is 0 Å². The first-order valence-electron chi connectivity index (χ1n) is 8.16. The number of hydrogen-bond acceptors (Lipinski definition) is 0. The third kappa shape index (κ3) is 4.60. The second kappa shape index (κ2) is 8.18. The first-order chi connectivity index (χ1) is 11.0. The third-order valence-electron chi connectivity index (χ3n) is 3.88. The molecule has 0 saturated heterocycles. The highest BCUT2D eigenvalue weighted by Gasteiger charge is 2.20. The zero-order valence-corrected chi connectivity index (χ0v) is 15.6. The van der Waals surface area contributed by atoms with Crippen LogP contribution < -0.4 is 10.6 Å². The smallest absolute Gasteiger partial charge is 0.00681 e. The van der Waals surface area contributed by atoms with Gasteiger partial charge in [-0.3, -0.25) is 0 Å². The molecule has 0 nitrogen and oxygen atoms in total. The van der Waals surface area contributed by atoms with Crippen molar-refractivity contribution in [2.75, 3.05) is 6.16 Å². The minimum Gasteiger partial charge on any atom is -0.0810 e. The number of benzene rings is 2. The highest BCUT2D eigenvalue weighted by atomic mass is 31.2. The van der Waals surface area contributed by atoms with Crippen molar-refractivity contribution in [3.05, 3.63) is 84.0 Å². The van der Waals surface area contributed by atoms with Crippen molar-refractivity contribution in [2.45, 2.75) is 27.7 Å². The summed E-state index contributed by atoms with van der Waals surface area (Å²) < 4.78 is 0. The minimum absolute atomic E-state index is 1.08. The lowest BCUT2D eigenvalue weighted by Gasteiger charge is -2.26. The Kier molecular flexibility index (Phi) is 6.25. The summed E-state index contributed by atoms with van der Waals surface area (Å²) in [6.07, 6.45) is 5.77. The lowest BCUT2D eigenvalue weighted by molar-refractivity contribution is 1.37. The van der Waals surface area contributed by atoms with Gasteiger partial charge in [-0.2, -0.15) is 0 Å². The standard InChI is InChI=1S/C22H27P/c1-19(2)15-17-23(18-16-20(3)4,21-11-7-5-8-12-21)22-13-9-6-10-14-22/h5-17H,18H2,1-4H3. The highest BCUT2D eigenvalue weighted by Crippen LogP contribution is 2.45. The van der Waals surface area contributed by atoms with Crippen molar-refractivity contribution < 1.29 is 0 Å². The molecule has 2 aromatic rings. The molecule has 0 radical (unpaired) electrons. The van der Waals surface area contributed by atoms with Gasteiger partial charge in [0.25, 0.3) is 0 Å². The maximum Gasteiger partial charge on any atom is -0.00681 e. The van der Waals surface area contributed by atoms with Crippen LogP contribution in [0.15, 0.2) is 84.0 Å².